The maximum atomic E-state index is 11.5. The van der Waals surface area contributed by atoms with Gasteiger partial charge in [0.1, 0.15) is 0 Å². The number of hydrogen-bond acceptors (Lipinski definition) is 7. The summed E-state index contributed by atoms with van der Waals surface area (Å²) >= 11 is 6.94. The Labute approximate surface area is 124 Å². The molecule has 0 spiro atoms. The SMILES string of the molecule is CCCOc1nc(Cl)nc(Sc2n[nH]c(=O)n2CC)n1. The van der Waals surface area contributed by atoms with E-state index in [0.29, 0.717) is 23.5 Å². The third kappa shape index (κ3) is 3.48. The van der Waals surface area contributed by atoms with Gasteiger partial charge in [-0.05, 0) is 36.7 Å². The third-order valence-corrected chi connectivity index (χ3v) is 3.25. The fourth-order valence-corrected chi connectivity index (χ4v) is 2.39. The van der Waals surface area contributed by atoms with Gasteiger partial charge in [0.25, 0.3) is 0 Å². The van der Waals surface area contributed by atoms with E-state index < -0.39 is 0 Å². The van der Waals surface area contributed by atoms with Crippen LogP contribution in [0, 0.1) is 0 Å². The molecule has 0 radical (unpaired) electrons. The molecule has 20 heavy (non-hydrogen) atoms. The van der Waals surface area contributed by atoms with E-state index in [0.717, 1.165) is 18.2 Å². The Balaban J connectivity index is 2.24. The third-order valence-electron chi connectivity index (χ3n) is 2.22. The summed E-state index contributed by atoms with van der Waals surface area (Å²) in [5.41, 5.74) is -0.280. The molecule has 2 aromatic heterocycles. The molecule has 0 atom stereocenters. The molecule has 0 aliphatic carbocycles. The largest absolute Gasteiger partial charge is 0.463 e. The van der Waals surface area contributed by atoms with Crippen LogP contribution in [0.25, 0.3) is 0 Å². The van der Waals surface area contributed by atoms with Gasteiger partial charge in [0.2, 0.25) is 10.4 Å². The predicted octanol–water partition coefficient (Wildman–Crippen LogP) is 1.37. The van der Waals surface area contributed by atoms with Crippen molar-refractivity contribution in [2.75, 3.05) is 6.61 Å². The standard InChI is InChI=1S/C10H13ClN6O2S/c1-3-5-19-7-12-6(11)13-8(14-7)20-10-16-15-9(18)17(10)4-2/h3-5H2,1-2H3,(H,15,18). The van der Waals surface area contributed by atoms with Gasteiger partial charge in [0, 0.05) is 6.54 Å². The normalized spacial score (nSPS) is 10.8. The van der Waals surface area contributed by atoms with E-state index in [1.54, 1.807) is 0 Å². The Morgan fingerprint density at radius 1 is 1.35 bits per heavy atom. The second-order valence-electron chi connectivity index (χ2n) is 3.68. The van der Waals surface area contributed by atoms with Gasteiger partial charge >= 0.3 is 11.7 Å². The van der Waals surface area contributed by atoms with E-state index in [-0.39, 0.29) is 17.0 Å². The van der Waals surface area contributed by atoms with Crippen LogP contribution in [0.3, 0.4) is 0 Å². The van der Waals surface area contributed by atoms with Crippen LogP contribution in [0.1, 0.15) is 20.3 Å². The van der Waals surface area contributed by atoms with Crippen LogP contribution in [0.4, 0.5) is 0 Å². The summed E-state index contributed by atoms with van der Waals surface area (Å²) in [4.78, 5) is 23.4. The van der Waals surface area contributed by atoms with Crippen LogP contribution in [0.15, 0.2) is 15.1 Å². The zero-order valence-corrected chi connectivity index (χ0v) is 12.5. The Bertz CT molecular complexity index is 643. The van der Waals surface area contributed by atoms with Crippen LogP contribution < -0.4 is 10.4 Å². The fraction of sp³-hybridized carbons (Fsp3) is 0.500. The summed E-state index contributed by atoms with van der Waals surface area (Å²) in [7, 11) is 0. The highest BCUT2D eigenvalue weighted by atomic mass is 35.5. The molecule has 0 saturated carbocycles. The monoisotopic (exact) mass is 316 g/mol. The molecule has 2 aromatic rings. The lowest BCUT2D eigenvalue weighted by molar-refractivity contribution is 0.288. The van der Waals surface area contributed by atoms with Crippen molar-refractivity contribution >= 4 is 23.4 Å². The molecule has 0 aliphatic heterocycles. The maximum absolute atomic E-state index is 11.5. The number of nitrogens with one attached hydrogen (secondary N) is 1. The lowest BCUT2D eigenvalue weighted by Gasteiger charge is -2.04. The first-order chi connectivity index (χ1) is 9.63. The molecule has 1 N–H and O–H groups in total. The number of aromatic amines is 1. The van der Waals surface area contributed by atoms with E-state index in [1.165, 1.54) is 4.57 Å². The molecule has 2 rings (SSSR count). The summed E-state index contributed by atoms with van der Waals surface area (Å²) in [6, 6.07) is 0.162. The molecular weight excluding hydrogens is 304 g/mol. The molecule has 0 bridgehead atoms. The van der Waals surface area contributed by atoms with Crippen LogP contribution in [0.5, 0.6) is 6.01 Å². The maximum Gasteiger partial charge on any atom is 0.343 e. The zero-order chi connectivity index (χ0) is 14.5. The molecule has 0 amide bonds. The first-order valence-electron chi connectivity index (χ1n) is 6.01. The minimum atomic E-state index is -0.280. The van der Waals surface area contributed by atoms with Crippen molar-refractivity contribution in [1.82, 2.24) is 29.7 Å². The van der Waals surface area contributed by atoms with Crippen molar-refractivity contribution in [3.63, 3.8) is 0 Å². The molecule has 0 fully saturated rings. The van der Waals surface area contributed by atoms with E-state index in [1.807, 2.05) is 13.8 Å². The number of nitrogens with zero attached hydrogens (tertiary/aromatic N) is 5. The van der Waals surface area contributed by atoms with Crippen LogP contribution in [0.2, 0.25) is 5.28 Å². The van der Waals surface area contributed by atoms with Crippen molar-refractivity contribution in [3.8, 4) is 6.01 Å². The Kier molecular flexibility index (Phi) is 4.96. The molecule has 0 aliphatic rings. The Hall–Kier alpha value is -1.61. The summed E-state index contributed by atoms with van der Waals surface area (Å²) in [6.45, 7) is 4.81. The lowest BCUT2D eigenvalue weighted by Crippen LogP contribution is -2.16. The van der Waals surface area contributed by atoms with Crippen molar-refractivity contribution in [2.24, 2.45) is 0 Å². The molecule has 10 heteroatoms. The van der Waals surface area contributed by atoms with Crippen molar-refractivity contribution in [2.45, 2.75) is 37.1 Å². The molecular formula is C10H13ClN6O2S. The number of aromatic nitrogens is 6. The molecule has 0 saturated heterocycles. The first kappa shape index (κ1) is 14.8. The van der Waals surface area contributed by atoms with E-state index >= 15 is 0 Å². The van der Waals surface area contributed by atoms with E-state index in [4.69, 9.17) is 16.3 Å². The number of ether oxygens (including phenoxy) is 1. The number of rotatable bonds is 6. The van der Waals surface area contributed by atoms with Gasteiger partial charge in [-0.1, -0.05) is 6.92 Å². The summed E-state index contributed by atoms with van der Waals surface area (Å²) in [5.74, 6) is 0. The van der Waals surface area contributed by atoms with E-state index in [9.17, 15) is 4.79 Å². The Morgan fingerprint density at radius 3 is 2.85 bits per heavy atom. The topological polar surface area (TPSA) is 98.6 Å². The first-order valence-corrected chi connectivity index (χ1v) is 7.21. The number of halogens is 1. The summed E-state index contributed by atoms with van der Waals surface area (Å²) < 4.78 is 6.79. The predicted molar refractivity (Wildman–Crippen MR) is 73.3 cm³/mol. The lowest BCUT2D eigenvalue weighted by atomic mass is 10.5. The Morgan fingerprint density at radius 2 is 2.15 bits per heavy atom. The van der Waals surface area contributed by atoms with Crippen molar-refractivity contribution in [3.05, 3.63) is 15.8 Å². The average Bonchev–Trinajstić information content (AvgIpc) is 2.76. The van der Waals surface area contributed by atoms with Gasteiger partial charge in [-0.15, -0.1) is 5.10 Å². The van der Waals surface area contributed by atoms with Crippen LogP contribution in [-0.4, -0.2) is 36.3 Å². The summed E-state index contributed by atoms with van der Waals surface area (Å²) in [6.07, 6.45) is 0.834. The molecule has 0 unspecified atom stereocenters. The van der Waals surface area contributed by atoms with Gasteiger partial charge in [-0.3, -0.25) is 4.57 Å². The van der Waals surface area contributed by atoms with Gasteiger partial charge in [-0.25, -0.2) is 9.89 Å². The highest BCUT2D eigenvalue weighted by molar-refractivity contribution is 7.99. The smallest absolute Gasteiger partial charge is 0.343 e. The van der Waals surface area contributed by atoms with Crippen LogP contribution >= 0.6 is 23.4 Å². The van der Waals surface area contributed by atoms with Gasteiger partial charge < -0.3 is 4.74 Å². The molecule has 0 aromatic carbocycles. The van der Waals surface area contributed by atoms with Crippen molar-refractivity contribution in [1.29, 1.82) is 0 Å². The average molecular weight is 317 g/mol. The highest BCUT2D eigenvalue weighted by Gasteiger charge is 2.13. The van der Waals surface area contributed by atoms with Gasteiger partial charge in [-0.2, -0.15) is 15.0 Å². The van der Waals surface area contributed by atoms with E-state index in [2.05, 4.69) is 25.1 Å². The second-order valence-corrected chi connectivity index (χ2v) is 4.95. The fourth-order valence-electron chi connectivity index (χ4n) is 1.36. The summed E-state index contributed by atoms with van der Waals surface area (Å²) in [5, 5.41) is 7.10. The highest BCUT2D eigenvalue weighted by Crippen LogP contribution is 2.23. The molecule has 2 heterocycles. The quantitative estimate of drug-likeness (QED) is 0.859. The van der Waals surface area contributed by atoms with Gasteiger partial charge in [0.15, 0.2) is 5.16 Å². The zero-order valence-electron chi connectivity index (χ0n) is 11.0. The van der Waals surface area contributed by atoms with Crippen LogP contribution in [-0.2, 0) is 6.54 Å². The minimum Gasteiger partial charge on any atom is -0.463 e. The molecule has 108 valence electrons. The number of H-pyrrole nitrogens is 1. The minimum absolute atomic E-state index is 0.0366. The second kappa shape index (κ2) is 6.71. The van der Waals surface area contributed by atoms with Crippen molar-refractivity contribution < 1.29 is 4.74 Å². The molecule has 8 nitrogen and oxygen atoms in total. The van der Waals surface area contributed by atoms with Gasteiger partial charge in [0.05, 0.1) is 6.61 Å². The number of hydrogen-bond donors (Lipinski definition) is 1.